The van der Waals surface area contributed by atoms with Crippen LogP contribution in [0.3, 0.4) is 0 Å². The quantitative estimate of drug-likeness (QED) is 0.682. The van der Waals surface area contributed by atoms with Crippen molar-refractivity contribution in [3.8, 4) is 0 Å². The lowest BCUT2D eigenvalue weighted by molar-refractivity contribution is 0.149. The fourth-order valence-corrected chi connectivity index (χ4v) is 2.71. The van der Waals surface area contributed by atoms with Crippen molar-refractivity contribution in [3.05, 3.63) is 22.1 Å². The molecule has 0 atom stereocenters. The number of aromatic amines is 1. The van der Waals surface area contributed by atoms with Crippen LogP contribution >= 0.6 is 0 Å². The van der Waals surface area contributed by atoms with E-state index in [2.05, 4.69) is 30.0 Å². The first-order valence-electron chi connectivity index (χ1n) is 7.36. The highest BCUT2D eigenvalue weighted by Crippen LogP contribution is 2.13. The van der Waals surface area contributed by atoms with Gasteiger partial charge in [-0.25, -0.2) is 9.78 Å². The van der Waals surface area contributed by atoms with Crippen LogP contribution in [0.4, 0.5) is 10.7 Å². The Kier molecular flexibility index (Phi) is 4.15. The molecule has 3 heterocycles. The average molecular weight is 321 g/mol. The number of nitrogens with zero attached hydrogens (tertiary/aromatic N) is 4. The van der Waals surface area contributed by atoms with E-state index in [9.17, 15) is 9.59 Å². The van der Waals surface area contributed by atoms with Crippen LogP contribution in [0, 0.1) is 0 Å². The number of amides is 1. The maximum atomic E-state index is 12.0. The normalized spacial score (nSPS) is 16.6. The summed E-state index contributed by atoms with van der Waals surface area (Å²) in [4.78, 5) is 33.7. The molecule has 3 rings (SSSR count). The highest BCUT2D eigenvalue weighted by Gasteiger charge is 2.21. The molecule has 2 aromatic heterocycles. The van der Waals surface area contributed by atoms with Crippen LogP contribution in [0.2, 0.25) is 0 Å². The summed E-state index contributed by atoms with van der Waals surface area (Å²) < 4.78 is 5.81. The number of rotatable bonds is 3. The number of nitrogens with two attached hydrogens (primary N) is 1. The van der Waals surface area contributed by atoms with E-state index < -0.39 is 6.09 Å². The number of alkyl carbamates (subject to hydrolysis) is 1. The Morgan fingerprint density at radius 3 is 2.91 bits per heavy atom. The number of nitrogens with one attached hydrogen (secondary N) is 2. The molecule has 124 valence electrons. The molecule has 1 amide bonds. The van der Waals surface area contributed by atoms with Crippen LogP contribution < -0.4 is 16.6 Å². The highest BCUT2D eigenvalue weighted by atomic mass is 16.5. The van der Waals surface area contributed by atoms with E-state index >= 15 is 0 Å². The summed E-state index contributed by atoms with van der Waals surface area (Å²) in [5.41, 5.74) is 5.95. The number of hydrogen-bond acceptors (Lipinski definition) is 7. The number of ether oxygens (including phenoxy) is 1. The number of piperidine rings is 1. The molecule has 0 unspecified atom stereocenters. The lowest BCUT2D eigenvalue weighted by atomic mass is 10.1. The Labute approximate surface area is 131 Å². The summed E-state index contributed by atoms with van der Waals surface area (Å²) in [6, 6.07) is 1.59. The lowest BCUT2D eigenvalue weighted by Gasteiger charge is -2.31. The molecule has 1 aliphatic rings. The van der Waals surface area contributed by atoms with Crippen molar-refractivity contribution in [2.45, 2.75) is 25.4 Å². The van der Waals surface area contributed by atoms with Crippen LogP contribution in [0.15, 0.2) is 10.9 Å². The first kappa shape index (κ1) is 15.3. The second kappa shape index (κ2) is 6.24. The number of likely N-dealkylation sites (tertiary alicyclic amines) is 1. The first-order valence-corrected chi connectivity index (χ1v) is 7.36. The molecule has 0 spiro atoms. The molecule has 4 N–H and O–H groups in total. The van der Waals surface area contributed by atoms with Gasteiger partial charge in [0, 0.05) is 31.7 Å². The van der Waals surface area contributed by atoms with Gasteiger partial charge in [0.2, 0.25) is 5.95 Å². The Hall–Kier alpha value is -2.62. The summed E-state index contributed by atoms with van der Waals surface area (Å²) in [5, 5.41) is 5.43. The Morgan fingerprint density at radius 1 is 1.48 bits per heavy atom. The molecular formula is C13H19N7O3. The second-order valence-corrected chi connectivity index (χ2v) is 5.52. The SMILES string of the molecule is COC(=O)NC1CCN(Cc2cc(=O)n3[nH]c(N)nc3n2)CC1. The second-order valence-electron chi connectivity index (χ2n) is 5.52. The van der Waals surface area contributed by atoms with Gasteiger partial charge >= 0.3 is 6.09 Å². The zero-order valence-electron chi connectivity index (χ0n) is 12.8. The van der Waals surface area contributed by atoms with E-state index in [0.29, 0.717) is 12.2 Å². The lowest BCUT2D eigenvalue weighted by Crippen LogP contribution is -2.44. The molecule has 0 bridgehead atoms. The third-order valence-electron chi connectivity index (χ3n) is 3.88. The molecule has 1 saturated heterocycles. The van der Waals surface area contributed by atoms with E-state index in [1.807, 2.05) is 0 Å². The standard InChI is InChI=1S/C13H19N7O3/c1-23-13(22)16-8-2-4-19(5-3-8)7-9-6-10(21)20-12(15-9)17-11(14)18-20/h6,8H,2-5,7H2,1H3,(H,16,22)(H3,14,15,17,18). The van der Waals surface area contributed by atoms with Gasteiger partial charge < -0.3 is 15.8 Å². The largest absolute Gasteiger partial charge is 0.453 e. The van der Waals surface area contributed by atoms with Crippen molar-refractivity contribution in [1.82, 2.24) is 29.8 Å². The van der Waals surface area contributed by atoms with Gasteiger partial charge in [0.1, 0.15) is 0 Å². The molecule has 23 heavy (non-hydrogen) atoms. The third-order valence-corrected chi connectivity index (χ3v) is 3.88. The minimum absolute atomic E-state index is 0.117. The maximum absolute atomic E-state index is 12.0. The van der Waals surface area contributed by atoms with Crippen LogP contribution in [-0.2, 0) is 11.3 Å². The fourth-order valence-electron chi connectivity index (χ4n) is 2.71. The molecule has 0 saturated carbocycles. The predicted molar refractivity (Wildman–Crippen MR) is 81.9 cm³/mol. The van der Waals surface area contributed by atoms with Crippen LogP contribution in [0.25, 0.3) is 5.78 Å². The monoisotopic (exact) mass is 321 g/mol. The Balaban J connectivity index is 1.62. The van der Waals surface area contributed by atoms with Gasteiger partial charge in [0.05, 0.1) is 12.8 Å². The van der Waals surface area contributed by atoms with Gasteiger partial charge in [-0.1, -0.05) is 0 Å². The summed E-state index contributed by atoms with van der Waals surface area (Å²) in [6.07, 6.45) is 1.25. The number of carbonyl (C=O) groups excluding carboxylic acids is 1. The molecule has 0 aliphatic carbocycles. The van der Waals surface area contributed by atoms with E-state index in [1.54, 1.807) is 0 Å². The highest BCUT2D eigenvalue weighted by molar-refractivity contribution is 5.67. The molecule has 10 nitrogen and oxygen atoms in total. The molecule has 2 aromatic rings. The number of fused-ring (bicyclic) bond motifs is 1. The average Bonchev–Trinajstić information content (AvgIpc) is 2.90. The number of aromatic nitrogens is 4. The number of anilines is 1. The van der Waals surface area contributed by atoms with Gasteiger partial charge in [0.25, 0.3) is 11.3 Å². The number of methoxy groups -OCH3 is 1. The zero-order valence-corrected chi connectivity index (χ0v) is 12.8. The van der Waals surface area contributed by atoms with E-state index in [4.69, 9.17) is 5.73 Å². The number of carbonyl (C=O) groups is 1. The molecule has 1 aliphatic heterocycles. The molecule has 1 fully saturated rings. The summed E-state index contributed by atoms with van der Waals surface area (Å²) in [5.74, 6) is 0.425. The third kappa shape index (κ3) is 3.42. The van der Waals surface area contributed by atoms with Crippen LogP contribution in [-0.4, -0.2) is 56.8 Å². The Morgan fingerprint density at radius 2 is 2.22 bits per heavy atom. The topological polar surface area (TPSA) is 131 Å². The van der Waals surface area contributed by atoms with Crippen molar-refractivity contribution in [3.63, 3.8) is 0 Å². The molecule has 0 aromatic carbocycles. The van der Waals surface area contributed by atoms with E-state index in [-0.39, 0.29) is 23.3 Å². The fraction of sp³-hybridized carbons (Fsp3) is 0.538. The number of nitrogen functional groups attached to an aromatic ring is 1. The zero-order chi connectivity index (χ0) is 16.4. The number of hydrogen-bond donors (Lipinski definition) is 3. The van der Waals surface area contributed by atoms with Crippen molar-refractivity contribution in [2.24, 2.45) is 0 Å². The smallest absolute Gasteiger partial charge is 0.407 e. The van der Waals surface area contributed by atoms with Gasteiger partial charge in [-0.05, 0) is 12.8 Å². The predicted octanol–water partition coefficient (Wildman–Crippen LogP) is -0.680. The summed E-state index contributed by atoms with van der Waals surface area (Å²) >= 11 is 0. The molecular weight excluding hydrogens is 302 g/mol. The van der Waals surface area contributed by atoms with Crippen LogP contribution in [0.1, 0.15) is 18.5 Å². The molecule has 10 heteroatoms. The first-order chi connectivity index (χ1) is 11.0. The minimum Gasteiger partial charge on any atom is -0.453 e. The van der Waals surface area contributed by atoms with Crippen LogP contribution in [0.5, 0.6) is 0 Å². The van der Waals surface area contributed by atoms with Crippen molar-refractivity contribution in [2.75, 3.05) is 25.9 Å². The van der Waals surface area contributed by atoms with Gasteiger partial charge in [0.15, 0.2) is 0 Å². The van der Waals surface area contributed by atoms with E-state index in [1.165, 1.54) is 17.7 Å². The summed E-state index contributed by atoms with van der Waals surface area (Å²) in [7, 11) is 1.35. The van der Waals surface area contributed by atoms with Gasteiger partial charge in [-0.2, -0.15) is 9.50 Å². The minimum atomic E-state index is -0.403. The van der Waals surface area contributed by atoms with Gasteiger partial charge in [-0.15, -0.1) is 0 Å². The molecule has 0 radical (unpaired) electrons. The van der Waals surface area contributed by atoms with Crippen molar-refractivity contribution >= 4 is 17.8 Å². The summed E-state index contributed by atoms with van der Waals surface area (Å²) in [6.45, 7) is 2.17. The Bertz CT molecular complexity index is 761. The van der Waals surface area contributed by atoms with Crippen molar-refractivity contribution in [1.29, 1.82) is 0 Å². The number of H-pyrrole nitrogens is 1. The van der Waals surface area contributed by atoms with E-state index in [0.717, 1.165) is 25.9 Å². The van der Waals surface area contributed by atoms with Gasteiger partial charge in [-0.3, -0.25) is 14.8 Å². The van der Waals surface area contributed by atoms with Crippen molar-refractivity contribution < 1.29 is 9.53 Å². The maximum Gasteiger partial charge on any atom is 0.407 e.